The van der Waals surface area contributed by atoms with Crippen LogP contribution < -0.4 is 10.1 Å². The second-order valence-corrected chi connectivity index (χ2v) is 8.44. The molecule has 1 aliphatic heterocycles. The number of ether oxygens (including phenoxy) is 1. The number of carbonyl (C=O) groups is 1. The average Bonchev–Trinajstić information content (AvgIpc) is 3.15. The van der Waals surface area contributed by atoms with Gasteiger partial charge in [-0.3, -0.25) is 0 Å². The molecule has 8 heteroatoms. The summed E-state index contributed by atoms with van der Waals surface area (Å²) in [6.07, 6.45) is 4.41. The van der Waals surface area contributed by atoms with Crippen LogP contribution in [-0.2, 0) is 10.0 Å². The van der Waals surface area contributed by atoms with Gasteiger partial charge < -0.3 is 15.0 Å². The van der Waals surface area contributed by atoms with Crippen molar-refractivity contribution in [3.63, 3.8) is 0 Å². The predicted molar refractivity (Wildman–Crippen MR) is 94.1 cm³/mol. The molecule has 0 spiro atoms. The number of hydrogen-bond acceptors (Lipinski definition) is 4. The van der Waals surface area contributed by atoms with Crippen molar-refractivity contribution in [3.8, 4) is 5.75 Å². The fourth-order valence-electron chi connectivity index (χ4n) is 3.36. The Hall–Kier alpha value is -1.80. The van der Waals surface area contributed by atoms with E-state index in [2.05, 4.69) is 5.32 Å². The lowest BCUT2D eigenvalue weighted by Gasteiger charge is -2.34. The van der Waals surface area contributed by atoms with Crippen molar-refractivity contribution in [2.24, 2.45) is 0 Å². The molecular weight excluding hydrogens is 342 g/mol. The molecule has 0 unspecified atom stereocenters. The normalized spacial score (nSPS) is 19.8. The second-order valence-electron chi connectivity index (χ2n) is 6.50. The molecule has 25 heavy (non-hydrogen) atoms. The summed E-state index contributed by atoms with van der Waals surface area (Å²) in [5.41, 5.74) is 0. The van der Waals surface area contributed by atoms with Gasteiger partial charge in [-0.1, -0.05) is 12.8 Å². The van der Waals surface area contributed by atoms with E-state index in [1.54, 1.807) is 36.3 Å². The Bertz CT molecular complexity index is 691. The first-order valence-electron chi connectivity index (χ1n) is 8.70. The number of carbonyl (C=O) groups excluding carboxylic acids is 1. The van der Waals surface area contributed by atoms with Gasteiger partial charge in [0.2, 0.25) is 10.0 Å². The maximum absolute atomic E-state index is 12.7. The van der Waals surface area contributed by atoms with Gasteiger partial charge in [0, 0.05) is 32.2 Å². The first-order chi connectivity index (χ1) is 12.0. The number of methoxy groups -OCH3 is 1. The van der Waals surface area contributed by atoms with Gasteiger partial charge in [0.15, 0.2) is 0 Å². The van der Waals surface area contributed by atoms with Crippen LogP contribution in [0.15, 0.2) is 29.2 Å². The molecule has 138 valence electrons. The molecule has 1 N–H and O–H groups in total. The Morgan fingerprint density at radius 2 is 1.68 bits per heavy atom. The van der Waals surface area contributed by atoms with Crippen LogP contribution >= 0.6 is 0 Å². The molecule has 2 amide bonds. The Morgan fingerprint density at radius 3 is 2.24 bits per heavy atom. The molecule has 0 aromatic heterocycles. The standard InChI is InChI=1S/C17H25N3O4S/c1-24-15-6-8-16(9-7-15)25(22,23)20-12-10-19(11-13-20)17(21)18-14-4-2-3-5-14/h6-9,14H,2-5,10-13H2,1H3,(H,18,21). The summed E-state index contributed by atoms with van der Waals surface area (Å²) < 4.78 is 31.9. The van der Waals surface area contributed by atoms with Gasteiger partial charge in [0.1, 0.15) is 5.75 Å². The van der Waals surface area contributed by atoms with Gasteiger partial charge >= 0.3 is 6.03 Å². The van der Waals surface area contributed by atoms with Crippen molar-refractivity contribution in [1.29, 1.82) is 0 Å². The van der Waals surface area contributed by atoms with E-state index in [4.69, 9.17) is 4.74 Å². The number of sulfonamides is 1. The minimum atomic E-state index is -3.54. The molecule has 7 nitrogen and oxygen atoms in total. The Kier molecular flexibility index (Phi) is 5.48. The van der Waals surface area contributed by atoms with Crippen LogP contribution in [0.5, 0.6) is 5.75 Å². The van der Waals surface area contributed by atoms with E-state index in [0.717, 1.165) is 12.8 Å². The van der Waals surface area contributed by atoms with E-state index in [1.807, 2.05) is 0 Å². The summed E-state index contributed by atoms with van der Waals surface area (Å²) in [5.74, 6) is 0.618. The molecule has 1 saturated heterocycles. The highest BCUT2D eigenvalue weighted by molar-refractivity contribution is 7.89. The average molecular weight is 367 g/mol. The van der Waals surface area contributed by atoms with E-state index in [1.165, 1.54) is 17.1 Å². The van der Waals surface area contributed by atoms with E-state index in [9.17, 15) is 13.2 Å². The summed E-state index contributed by atoms with van der Waals surface area (Å²) >= 11 is 0. The lowest BCUT2D eigenvalue weighted by Crippen LogP contribution is -2.54. The molecule has 1 aromatic carbocycles. The summed E-state index contributed by atoms with van der Waals surface area (Å²) in [5, 5.41) is 3.05. The summed E-state index contributed by atoms with van der Waals surface area (Å²) in [6.45, 7) is 1.45. The SMILES string of the molecule is COc1ccc(S(=O)(=O)N2CCN(C(=O)NC3CCCC3)CC2)cc1. The number of piperazine rings is 1. The van der Waals surface area contributed by atoms with E-state index in [-0.39, 0.29) is 17.0 Å². The first kappa shape index (κ1) is 18.0. The largest absolute Gasteiger partial charge is 0.497 e. The van der Waals surface area contributed by atoms with Gasteiger partial charge in [0.25, 0.3) is 0 Å². The Morgan fingerprint density at radius 1 is 1.08 bits per heavy atom. The molecule has 1 aliphatic carbocycles. The third-order valence-electron chi connectivity index (χ3n) is 4.91. The van der Waals surface area contributed by atoms with Gasteiger partial charge in [0.05, 0.1) is 12.0 Å². The molecule has 1 heterocycles. The zero-order valence-corrected chi connectivity index (χ0v) is 15.3. The lowest BCUT2D eigenvalue weighted by atomic mass is 10.2. The summed E-state index contributed by atoms with van der Waals surface area (Å²) in [6, 6.07) is 6.57. The molecule has 1 saturated carbocycles. The molecule has 0 atom stereocenters. The molecule has 1 aromatic rings. The van der Waals surface area contributed by atoms with Crippen molar-refractivity contribution in [2.75, 3.05) is 33.3 Å². The second kappa shape index (κ2) is 7.61. The molecule has 3 rings (SSSR count). The van der Waals surface area contributed by atoms with Crippen LogP contribution in [0.4, 0.5) is 4.79 Å². The van der Waals surface area contributed by atoms with Gasteiger partial charge in [-0.15, -0.1) is 0 Å². The highest BCUT2D eigenvalue weighted by Gasteiger charge is 2.31. The lowest BCUT2D eigenvalue weighted by molar-refractivity contribution is 0.169. The van der Waals surface area contributed by atoms with Crippen molar-refractivity contribution < 1.29 is 17.9 Å². The van der Waals surface area contributed by atoms with E-state index < -0.39 is 10.0 Å². The Balaban J connectivity index is 1.57. The number of nitrogens with one attached hydrogen (secondary N) is 1. The number of nitrogens with zero attached hydrogens (tertiary/aromatic N) is 2. The molecule has 2 aliphatic rings. The fraction of sp³-hybridized carbons (Fsp3) is 0.588. The number of rotatable bonds is 4. The minimum absolute atomic E-state index is 0.0756. The monoisotopic (exact) mass is 367 g/mol. The summed E-state index contributed by atoms with van der Waals surface area (Å²) in [4.78, 5) is 14.2. The quantitative estimate of drug-likeness (QED) is 0.878. The Labute approximate surface area is 149 Å². The van der Waals surface area contributed by atoms with Crippen LogP contribution in [0.25, 0.3) is 0 Å². The smallest absolute Gasteiger partial charge is 0.317 e. The molecule has 0 bridgehead atoms. The maximum Gasteiger partial charge on any atom is 0.317 e. The molecule has 0 radical (unpaired) electrons. The van der Waals surface area contributed by atoms with Crippen molar-refractivity contribution >= 4 is 16.1 Å². The van der Waals surface area contributed by atoms with E-state index in [0.29, 0.717) is 31.9 Å². The van der Waals surface area contributed by atoms with Gasteiger partial charge in [-0.25, -0.2) is 13.2 Å². The molecular formula is C17H25N3O4S. The zero-order chi connectivity index (χ0) is 17.9. The first-order valence-corrected chi connectivity index (χ1v) is 10.1. The number of benzene rings is 1. The number of hydrogen-bond donors (Lipinski definition) is 1. The highest BCUT2D eigenvalue weighted by atomic mass is 32.2. The zero-order valence-electron chi connectivity index (χ0n) is 14.5. The highest BCUT2D eigenvalue weighted by Crippen LogP contribution is 2.21. The van der Waals surface area contributed by atoms with Crippen LogP contribution in [0.3, 0.4) is 0 Å². The third-order valence-corrected chi connectivity index (χ3v) is 6.82. The minimum Gasteiger partial charge on any atom is -0.497 e. The van der Waals surface area contributed by atoms with Crippen LogP contribution in [0.2, 0.25) is 0 Å². The van der Waals surface area contributed by atoms with Crippen molar-refractivity contribution in [3.05, 3.63) is 24.3 Å². The fourth-order valence-corrected chi connectivity index (χ4v) is 4.79. The van der Waals surface area contributed by atoms with Crippen LogP contribution in [0.1, 0.15) is 25.7 Å². The van der Waals surface area contributed by atoms with Crippen LogP contribution in [-0.4, -0.2) is 63.0 Å². The van der Waals surface area contributed by atoms with Gasteiger partial charge in [-0.2, -0.15) is 4.31 Å². The maximum atomic E-state index is 12.7. The van der Waals surface area contributed by atoms with Gasteiger partial charge in [-0.05, 0) is 37.1 Å². The third kappa shape index (κ3) is 4.07. The number of amides is 2. The van der Waals surface area contributed by atoms with Crippen LogP contribution in [0, 0.1) is 0 Å². The topological polar surface area (TPSA) is 79.0 Å². The number of urea groups is 1. The van der Waals surface area contributed by atoms with E-state index >= 15 is 0 Å². The predicted octanol–water partition coefficient (Wildman–Crippen LogP) is 1.65. The van der Waals surface area contributed by atoms with Crippen molar-refractivity contribution in [2.45, 2.75) is 36.6 Å². The molecule has 2 fully saturated rings. The van der Waals surface area contributed by atoms with Crippen molar-refractivity contribution in [1.82, 2.24) is 14.5 Å². The summed E-state index contributed by atoms with van der Waals surface area (Å²) in [7, 11) is -2.00.